The standard InChI is InChI=1S/C19H17N3O2/c1-13-6-9-16(10-7-13)20-19(23)15-4-3-5-17(12-15)24-18-11-8-14(2)21-22-18/h3-12H,1-2H3,(H,20,23). The second-order valence-corrected chi connectivity index (χ2v) is 5.46. The number of rotatable bonds is 4. The number of carbonyl (C=O) groups is 1. The van der Waals surface area contributed by atoms with Gasteiger partial charge < -0.3 is 10.1 Å². The molecule has 5 heteroatoms. The van der Waals surface area contributed by atoms with Crippen LogP contribution < -0.4 is 10.1 Å². The van der Waals surface area contributed by atoms with Gasteiger partial charge in [0.25, 0.3) is 5.91 Å². The molecule has 0 bridgehead atoms. The van der Waals surface area contributed by atoms with Gasteiger partial charge >= 0.3 is 0 Å². The Kier molecular flexibility index (Phi) is 4.52. The Morgan fingerprint density at radius 3 is 2.46 bits per heavy atom. The van der Waals surface area contributed by atoms with Crippen LogP contribution in [-0.2, 0) is 0 Å². The molecule has 0 aliphatic carbocycles. The fraction of sp³-hybridized carbons (Fsp3) is 0.105. The van der Waals surface area contributed by atoms with Gasteiger partial charge in [0, 0.05) is 17.3 Å². The van der Waals surface area contributed by atoms with E-state index in [4.69, 9.17) is 4.74 Å². The summed E-state index contributed by atoms with van der Waals surface area (Å²) < 4.78 is 5.64. The number of aromatic nitrogens is 2. The van der Waals surface area contributed by atoms with Crippen LogP contribution >= 0.6 is 0 Å². The summed E-state index contributed by atoms with van der Waals surface area (Å²) in [5.41, 5.74) is 3.21. The molecule has 0 fully saturated rings. The molecule has 0 aliphatic rings. The Morgan fingerprint density at radius 1 is 0.958 bits per heavy atom. The van der Waals surface area contributed by atoms with Gasteiger partial charge in [-0.2, -0.15) is 5.10 Å². The zero-order chi connectivity index (χ0) is 16.9. The fourth-order valence-electron chi connectivity index (χ4n) is 2.10. The average molecular weight is 319 g/mol. The summed E-state index contributed by atoms with van der Waals surface area (Å²) in [6.07, 6.45) is 0. The van der Waals surface area contributed by atoms with Crippen molar-refractivity contribution in [2.75, 3.05) is 5.32 Å². The molecular weight excluding hydrogens is 302 g/mol. The molecule has 3 aromatic rings. The molecule has 1 aromatic heterocycles. The number of nitrogens with zero attached hydrogens (tertiary/aromatic N) is 2. The van der Waals surface area contributed by atoms with Crippen molar-refractivity contribution in [3.8, 4) is 11.6 Å². The quantitative estimate of drug-likeness (QED) is 0.785. The summed E-state index contributed by atoms with van der Waals surface area (Å²) in [6, 6.07) is 18.1. The smallest absolute Gasteiger partial charge is 0.255 e. The molecule has 120 valence electrons. The van der Waals surface area contributed by atoms with Crippen molar-refractivity contribution < 1.29 is 9.53 Å². The number of hydrogen-bond donors (Lipinski definition) is 1. The van der Waals surface area contributed by atoms with Gasteiger partial charge in [0.1, 0.15) is 5.75 Å². The molecule has 0 unspecified atom stereocenters. The van der Waals surface area contributed by atoms with Gasteiger partial charge in [0.2, 0.25) is 5.88 Å². The van der Waals surface area contributed by atoms with E-state index in [9.17, 15) is 4.79 Å². The summed E-state index contributed by atoms with van der Waals surface area (Å²) >= 11 is 0. The molecule has 0 aliphatic heterocycles. The van der Waals surface area contributed by atoms with Gasteiger partial charge in [-0.15, -0.1) is 5.10 Å². The van der Waals surface area contributed by atoms with Crippen LogP contribution in [0.4, 0.5) is 5.69 Å². The molecule has 1 N–H and O–H groups in total. The number of amides is 1. The van der Waals surface area contributed by atoms with Crippen LogP contribution in [0.15, 0.2) is 60.7 Å². The van der Waals surface area contributed by atoms with E-state index in [1.807, 2.05) is 44.2 Å². The van der Waals surface area contributed by atoms with Gasteiger partial charge in [0.15, 0.2) is 0 Å². The lowest BCUT2D eigenvalue weighted by Crippen LogP contribution is -2.11. The van der Waals surface area contributed by atoms with Crippen molar-refractivity contribution in [3.05, 3.63) is 77.5 Å². The minimum absolute atomic E-state index is 0.195. The predicted molar refractivity (Wildman–Crippen MR) is 92.4 cm³/mol. The Morgan fingerprint density at radius 2 is 1.75 bits per heavy atom. The normalized spacial score (nSPS) is 10.2. The molecule has 0 atom stereocenters. The Balaban J connectivity index is 1.73. The highest BCUT2D eigenvalue weighted by Crippen LogP contribution is 2.21. The fourth-order valence-corrected chi connectivity index (χ4v) is 2.10. The number of anilines is 1. The third-order valence-corrected chi connectivity index (χ3v) is 3.40. The highest BCUT2D eigenvalue weighted by molar-refractivity contribution is 6.04. The molecule has 24 heavy (non-hydrogen) atoms. The lowest BCUT2D eigenvalue weighted by atomic mass is 10.2. The van der Waals surface area contributed by atoms with Gasteiger partial charge in [-0.1, -0.05) is 23.8 Å². The minimum atomic E-state index is -0.195. The highest BCUT2D eigenvalue weighted by atomic mass is 16.5. The second-order valence-electron chi connectivity index (χ2n) is 5.46. The van der Waals surface area contributed by atoms with Gasteiger partial charge in [-0.3, -0.25) is 4.79 Å². The third-order valence-electron chi connectivity index (χ3n) is 3.40. The van der Waals surface area contributed by atoms with E-state index in [0.29, 0.717) is 17.2 Å². The van der Waals surface area contributed by atoms with Gasteiger partial charge in [-0.25, -0.2) is 0 Å². The summed E-state index contributed by atoms with van der Waals surface area (Å²) in [4.78, 5) is 12.4. The lowest BCUT2D eigenvalue weighted by molar-refractivity contribution is 0.102. The van der Waals surface area contributed by atoms with Crippen LogP contribution in [0.2, 0.25) is 0 Å². The SMILES string of the molecule is Cc1ccc(NC(=O)c2cccc(Oc3ccc(C)nn3)c2)cc1. The van der Waals surface area contributed by atoms with Crippen molar-refractivity contribution in [2.24, 2.45) is 0 Å². The lowest BCUT2D eigenvalue weighted by Gasteiger charge is -2.08. The van der Waals surface area contributed by atoms with Crippen molar-refractivity contribution in [1.82, 2.24) is 10.2 Å². The first-order valence-corrected chi connectivity index (χ1v) is 7.56. The third kappa shape index (κ3) is 3.95. The van der Waals surface area contributed by atoms with Crippen LogP contribution in [0, 0.1) is 13.8 Å². The zero-order valence-electron chi connectivity index (χ0n) is 13.5. The topological polar surface area (TPSA) is 64.1 Å². The zero-order valence-corrected chi connectivity index (χ0v) is 13.5. The van der Waals surface area contributed by atoms with Crippen LogP contribution in [0.3, 0.4) is 0 Å². The highest BCUT2D eigenvalue weighted by Gasteiger charge is 2.08. The van der Waals surface area contributed by atoms with E-state index < -0.39 is 0 Å². The maximum atomic E-state index is 12.4. The van der Waals surface area contributed by atoms with Crippen molar-refractivity contribution in [1.29, 1.82) is 0 Å². The Labute approximate surface area is 140 Å². The number of aryl methyl sites for hydroxylation is 2. The average Bonchev–Trinajstić information content (AvgIpc) is 2.59. The monoisotopic (exact) mass is 319 g/mol. The van der Waals surface area contributed by atoms with Gasteiger partial charge in [0.05, 0.1) is 5.69 Å². The number of carbonyl (C=O) groups excluding carboxylic acids is 1. The number of benzene rings is 2. The molecule has 1 amide bonds. The number of hydrogen-bond acceptors (Lipinski definition) is 4. The summed E-state index contributed by atoms with van der Waals surface area (Å²) in [5, 5.41) is 10.8. The predicted octanol–water partition coefficient (Wildman–Crippen LogP) is 4.14. The number of ether oxygens (including phenoxy) is 1. The number of nitrogens with one attached hydrogen (secondary N) is 1. The molecule has 0 radical (unpaired) electrons. The molecule has 2 aromatic carbocycles. The van der Waals surface area contributed by atoms with E-state index in [2.05, 4.69) is 15.5 Å². The van der Waals surface area contributed by atoms with Crippen molar-refractivity contribution in [3.63, 3.8) is 0 Å². The van der Waals surface area contributed by atoms with Crippen molar-refractivity contribution >= 4 is 11.6 Å². The molecule has 1 heterocycles. The maximum absolute atomic E-state index is 12.4. The van der Waals surface area contributed by atoms with E-state index in [-0.39, 0.29) is 5.91 Å². The van der Waals surface area contributed by atoms with E-state index >= 15 is 0 Å². The largest absolute Gasteiger partial charge is 0.438 e. The first-order chi connectivity index (χ1) is 11.6. The minimum Gasteiger partial charge on any atom is -0.438 e. The van der Waals surface area contributed by atoms with E-state index in [1.165, 1.54) is 0 Å². The first-order valence-electron chi connectivity index (χ1n) is 7.56. The molecule has 0 spiro atoms. The Bertz CT molecular complexity index is 843. The van der Waals surface area contributed by atoms with Crippen LogP contribution in [0.25, 0.3) is 0 Å². The van der Waals surface area contributed by atoms with E-state index in [0.717, 1.165) is 16.9 Å². The molecule has 0 saturated carbocycles. The van der Waals surface area contributed by atoms with E-state index in [1.54, 1.807) is 30.3 Å². The molecule has 3 rings (SSSR count). The van der Waals surface area contributed by atoms with Crippen LogP contribution in [0.5, 0.6) is 11.6 Å². The van der Waals surface area contributed by atoms with Crippen LogP contribution in [-0.4, -0.2) is 16.1 Å². The molecule has 0 saturated heterocycles. The van der Waals surface area contributed by atoms with Crippen LogP contribution in [0.1, 0.15) is 21.6 Å². The molecule has 5 nitrogen and oxygen atoms in total. The van der Waals surface area contributed by atoms with Crippen molar-refractivity contribution in [2.45, 2.75) is 13.8 Å². The summed E-state index contributed by atoms with van der Waals surface area (Å²) in [7, 11) is 0. The maximum Gasteiger partial charge on any atom is 0.255 e. The first kappa shape index (κ1) is 15.7. The summed E-state index contributed by atoms with van der Waals surface area (Å²) in [5.74, 6) is 0.723. The Hall–Kier alpha value is -3.21. The second kappa shape index (κ2) is 6.91. The summed E-state index contributed by atoms with van der Waals surface area (Å²) in [6.45, 7) is 3.85. The molecular formula is C19H17N3O2. The van der Waals surface area contributed by atoms with Gasteiger partial charge in [-0.05, 0) is 50.2 Å².